The van der Waals surface area contributed by atoms with Gasteiger partial charge in [-0.1, -0.05) is 0 Å². The summed E-state index contributed by atoms with van der Waals surface area (Å²) in [5, 5.41) is 2.76. The second kappa shape index (κ2) is 7.97. The van der Waals surface area contributed by atoms with E-state index in [0.29, 0.717) is 16.3 Å². The summed E-state index contributed by atoms with van der Waals surface area (Å²) in [5.41, 5.74) is 0. The molecule has 1 rings (SSSR count). The first-order valence-electron chi connectivity index (χ1n) is 6.18. The maximum Gasteiger partial charge on any atom is 0.262 e. The molecule has 0 aliphatic carbocycles. The van der Waals surface area contributed by atoms with E-state index in [1.54, 1.807) is 14.0 Å². The van der Waals surface area contributed by atoms with E-state index in [9.17, 15) is 13.2 Å². The molecule has 1 N–H and O–H groups in total. The van der Waals surface area contributed by atoms with Gasteiger partial charge in [-0.05, 0) is 32.3 Å². The minimum atomic E-state index is -3.79. The Morgan fingerprint density at radius 3 is 2.65 bits per heavy atom. The van der Waals surface area contributed by atoms with Gasteiger partial charge in [0.1, 0.15) is 0 Å². The fourth-order valence-corrected chi connectivity index (χ4v) is 4.24. The van der Waals surface area contributed by atoms with Crippen LogP contribution in [0.15, 0.2) is 11.0 Å². The van der Waals surface area contributed by atoms with Gasteiger partial charge in [-0.3, -0.25) is 4.79 Å². The summed E-state index contributed by atoms with van der Waals surface area (Å²) in [5.74, 6) is -0.267. The normalized spacial score (nSPS) is 11.6. The zero-order valence-corrected chi connectivity index (χ0v) is 13.8. The highest BCUT2D eigenvalue weighted by Crippen LogP contribution is 2.28. The number of ether oxygens (including phenoxy) is 1. The molecule has 1 amide bonds. The molecule has 5 nitrogen and oxygen atoms in total. The molecular formula is C12H18ClNO4S2. The van der Waals surface area contributed by atoms with Gasteiger partial charge < -0.3 is 10.1 Å². The lowest BCUT2D eigenvalue weighted by molar-refractivity contribution is 0.0956. The minimum Gasteiger partial charge on any atom is -0.385 e. The maximum absolute atomic E-state index is 11.9. The molecule has 0 fully saturated rings. The number of thiophene rings is 1. The average molecular weight is 340 g/mol. The van der Waals surface area contributed by atoms with Crippen LogP contribution in [0.25, 0.3) is 0 Å². The first-order chi connectivity index (χ1) is 9.36. The zero-order chi connectivity index (χ0) is 15.2. The van der Waals surface area contributed by atoms with Crippen LogP contribution >= 0.6 is 22.0 Å². The van der Waals surface area contributed by atoms with E-state index in [4.69, 9.17) is 15.4 Å². The highest BCUT2D eigenvalue weighted by Gasteiger charge is 2.19. The molecule has 0 aliphatic rings. The number of amides is 1. The predicted octanol–water partition coefficient (Wildman–Crippen LogP) is 2.53. The standard InChI is InChI=1S/C12H18ClNO4S2/c1-9-11(20(13,16)17)8-10(19-9)12(15)14-6-4-3-5-7-18-2/h8H,3-7H2,1-2H3,(H,14,15). The van der Waals surface area contributed by atoms with Crippen LogP contribution in [0.2, 0.25) is 0 Å². The fourth-order valence-electron chi connectivity index (χ4n) is 1.66. The monoisotopic (exact) mass is 339 g/mol. The van der Waals surface area contributed by atoms with Crippen molar-refractivity contribution in [1.82, 2.24) is 5.32 Å². The number of unbranched alkanes of at least 4 members (excludes halogenated alkanes) is 2. The Morgan fingerprint density at radius 1 is 1.40 bits per heavy atom. The average Bonchev–Trinajstić information content (AvgIpc) is 2.75. The van der Waals surface area contributed by atoms with Crippen molar-refractivity contribution in [2.75, 3.05) is 20.3 Å². The van der Waals surface area contributed by atoms with E-state index in [1.165, 1.54) is 6.07 Å². The highest BCUT2D eigenvalue weighted by molar-refractivity contribution is 8.13. The fraction of sp³-hybridized carbons (Fsp3) is 0.583. The van der Waals surface area contributed by atoms with Crippen LogP contribution in [0.4, 0.5) is 0 Å². The van der Waals surface area contributed by atoms with Crippen LogP contribution < -0.4 is 5.32 Å². The lowest BCUT2D eigenvalue weighted by atomic mass is 10.2. The molecule has 20 heavy (non-hydrogen) atoms. The molecule has 1 aromatic heterocycles. The van der Waals surface area contributed by atoms with Crippen LogP contribution in [0.3, 0.4) is 0 Å². The summed E-state index contributed by atoms with van der Waals surface area (Å²) < 4.78 is 27.5. The van der Waals surface area contributed by atoms with E-state index in [1.807, 2.05) is 0 Å². The summed E-state index contributed by atoms with van der Waals surface area (Å²) in [4.78, 5) is 12.8. The SMILES string of the molecule is COCCCCCNC(=O)c1cc(S(=O)(=O)Cl)c(C)s1. The molecule has 1 heterocycles. The second-order valence-electron chi connectivity index (χ2n) is 4.28. The number of carbonyl (C=O) groups is 1. The number of hydrogen-bond acceptors (Lipinski definition) is 5. The molecule has 8 heteroatoms. The Labute approximate surface area is 127 Å². The Hall–Kier alpha value is -0.630. The van der Waals surface area contributed by atoms with Gasteiger partial charge in [-0.2, -0.15) is 0 Å². The van der Waals surface area contributed by atoms with Crippen LogP contribution in [0, 0.1) is 6.92 Å². The summed E-state index contributed by atoms with van der Waals surface area (Å²) in [6, 6.07) is 1.32. The lowest BCUT2D eigenvalue weighted by Gasteiger charge is -2.03. The predicted molar refractivity (Wildman–Crippen MR) is 80.2 cm³/mol. The number of halogens is 1. The van der Waals surface area contributed by atoms with Crippen molar-refractivity contribution in [2.24, 2.45) is 0 Å². The molecule has 1 aromatic rings. The molecule has 0 radical (unpaired) electrons. The topological polar surface area (TPSA) is 72.5 Å². The van der Waals surface area contributed by atoms with E-state index in [-0.39, 0.29) is 10.8 Å². The van der Waals surface area contributed by atoms with Crippen molar-refractivity contribution in [3.63, 3.8) is 0 Å². The van der Waals surface area contributed by atoms with E-state index < -0.39 is 9.05 Å². The lowest BCUT2D eigenvalue weighted by Crippen LogP contribution is -2.23. The zero-order valence-electron chi connectivity index (χ0n) is 11.4. The Bertz CT molecular complexity index is 554. The van der Waals surface area contributed by atoms with Crippen molar-refractivity contribution in [2.45, 2.75) is 31.1 Å². The molecule has 0 spiro atoms. The van der Waals surface area contributed by atoms with Crippen molar-refractivity contribution in [1.29, 1.82) is 0 Å². The number of rotatable bonds is 8. The van der Waals surface area contributed by atoms with Crippen LogP contribution in [-0.2, 0) is 13.8 Å². The van der Waals surface area contributed by atoms with Gasteiger partial charge in [-0.15, -0.1) is 11.3 Å². The first-order valence-corrected chi connectivity index (χ1v) is 9.31. The van der Waals surface area contributed by atoms with Gasteiger partial charge in [0.2, 0.25) is 0 Å². The molecule has 0 saturated carbocycles. The number of hydrogen-bond donors (Lipinski definition) is 1. The summed E-state index contributed by atoms with van der Waals surface area (Å²) >= 11 is 1.13. The highest BCUT2D eigenvalue weighted by atomic mass is 35.7. The third-order valence-corrected chi connectivity index (χ3v) is 5.30. The van der Waals surface area contributed by atoms with Crippen LogP contribution in [0.5, 0.6) is 0 Å². The van der Waals surface area contributed by atoms with E-state index >= 15 is 0 Å². The molecular weight excluding hydrogens is 322 g/mol. The van der Waals surface area contributed by atoms with E-state index in [0.717, 1.165) is 37.2 Å². The van der Waals surface area contributed by atoms with Gasteiger partial charge in [0, 0.05) is 35.8 Å². The van der Waals surface area contributed by atoms with Crippen molar-refractivity contribution in [3.8, 4) is 0 Å². The van der Waals surface area contributed by atoms with Gasteiger partial charge in [0.05, 0.1) is 9.77 Å². The van der Waals surface area contributed by atoms with Gasteiger partial charge in [0.15, 0.2) is 0 Å². The summed E-state index contributed by atoms with van der Waals surface area (Å²) in [6.45, 7) is 2.90. The Morgan fingerprint density at radius 2 is 2.10 bits per heavy atom. The number of carbonyl (C=O) groups excluding carboxylic acids is 1. The molecule has 114 valence electrons. The van der Waals surface area contributed by atoms with Gasteiger partial charge in [0.25, 0.3) is 15.0 Å². The second-order valence-corrected chi connectivity index (χ2v) is 8.07. The minimum absolute atomic E-state index is 0.00871. The molecule has 0 unspecified atom stereocenters. The number of aryl methyl sites for hydroxylation is 1. The molecule has 0 aliphatic heterocycles. The number of nitrogens with one attached hydrogen (secondary N) is 1. The largest absolute Gasteiger partial charge is 0.385 e. The Balaban J connectivity index is 2.49. The molecule has 0 atom stereocenters. The van der Waals surface area contributed by atoms with E-state index in [2.05, 4.69) is 5.32 Å². The van der Waals surface area contributed by atoms with Gasteiger partial charge in [-0.25, -0.2) is 8.42 Å². The maximum atomic E-state index is 11.9. The first kappa shape index (κ1) is 17.4. The van der Waals surface area contributed by atoms with Crippen molar-refractivity contribution < 1.29 is 17.9 Å². The van der Waals surface area contributed by atoms with Gasteiger partial charge >= 0.3 is 0 Å². The summed E-state index contributed by atoms with van der Waals surface area (Å²) in [6.07, 6.45) is 2.79. The summed E-state index contributed by atoms with van der Waals surface area (Å²) in [7, 11) is 3.16. The number of methoxy groups -OCH3 is 1. The third kappa shape index (κ3) is 5.40. The molecule has 0 saturated heterocycles. The third-order valence-electron chi connectivity index (χ3n) is 2.67. The Kier molecular flexibility index (Phi) is 6.94. The quantitative estimate of drug-likeness (QED) is 0.583. The molecule has 0 bridgehead atoms. The van der Waals surface area contributed by atoms with Crippen LogP contribution in [-0.4, -0.2) is 34.6 Å². The smallest absolute Gasteiger partial charge is 0.262 e. The van der Waals surface area contributed by atoms with Crippen molar-refractivity contribution in [3.05, 3.63) is 15.8 Å². The molecule has 0 aromatic carbocycles. The van der Waals surface area contributed by atoms with Crippen LogP contribution in [0.1, 0.15) is 33.8 Å². The van der Waals surface area contributed by atoms with Crippen molar-refractivity contribution >= 4 is 37.0 Å².